The molecular weight excluding hydrogens is 148 g/mol. The molecule has 1 fully saturated rings. The Balaban J connectivity index is 2.39. The molecule has 1 aliphatic rings. The summed E-state index contributed by atoms with van der Waals surface area (Å²) in [6.45, 7) is 6.61. The number of rotatable bonds is 1. The zero-order chi connectivity index (χ0) is 9.19. The molecule has 1 saturated carbocycles. The maximum Gasteiger partial charge on any atom is 0.0223 e. The molecule has 0 amide bonds. The Morgan fingerprint density at radius 3 is 2.25 bits per heavy atom. The van der Waals surface area contributed by atoms with E-state index in [0.717, 1.165) is 0 Å². The highest BCUT2D eigenvalue weighted by atomic mass is 15.0. The average molecular weight is 170 g/mol. The van der Waals surface area contributed by atoms with Crippen LogP contribution in [-0.2, 0) is 0 Å². The minimum atomic E-state index is 0.208. The van der Waals surface area contributed by atoms with Crippen molar-refractivity contribution in [2.75, 3.05) is 0 Å². The highest BCUT2D eigenvalue weighted by Crippen LogP contribution is 2.18. The maximum atomic E-state index is 6.02. The third-order valence-electron chi connectivity index (χ3n) is 2.44. The van der Waals surface area contributed by atoms with Crippen molar-refractivity contribution in [2.45, 2.75) is 64.1 Å². The fourth-order valence-corrected chi connectivity index (χ4v) is 1.89. The lowest BCUT2D eigenvalue weighted by molar-refractivity contribution is 0.266. The Morgan fingerprint density at radius 2 is 1.75 bits per heavy atom. The summed E-state index contributed by atoms with van der Waals surface area (Å²) in [7, 11) is 0. The zero-order valence-electron chi connectivity index (χ0n) is 8.56. The van der Waals surface area contributed by atoms with Crippen molar-refractivity contribution in [2.24, 2.45) is 5.73 Å². The Labute approximate surface area is 75.9 Å². The molecule has 0 saturated heterocycles. The van der Waals surface area contributed by atoms with Gasteiger partial charge in [0.15, 0.2) is 0 Å². The minimum absolute atomic E-state index is 0.208. The van der Waals surface area contributed by atoms with Crippen LogP contribution < -0.4 is 11.1 Å². The molecule has 2 nitrogen and oxygen atoms in total. The highest BCUT2D eigenvalue weighted by Gasteiger charge is 2.24. The summed E-state index contributed by atoms with van der Waals surface area (Å²) in [5.41, 5.74) is 6.23. The molecule has 0 aromatic rings. The summed E-state index contributed by atoms with van der Waals surface area (Å²) in [5, 5.41) is 3.58. The lowest BCUT2D eigenvalue weighted by Crippen LogP contribution is -2.53. The summed E-state index contributed by atoms with van der Waals surface area (Å²) in [4.78, 5) is 0. The Hall–Kier alpha value is -0.0800. The predicted molar refractivity (Wildman–Crippen MR) is 53.1 cm³/mol. The van der Waals surface area contributed by atoms with Crippen LogP contribution >= 0.6 is 0 Å². The molecule has 0 radical (unpaired) electrons. The van der Waals surface area contributed by atoms with Crippen molar-refractivity contribution in [3.63, 3.8) is 0 Å². The van der Waals surface area contributed by atoms with Gasteiger partial charge in [0, 0.05) is 17.6 Å². The van der Waals surface area contributed by atoms with Crippen LogP contribution in [0.15, 0.2) is 0 Å². The van der Waals surface area contributed by atoms with Gasteiger partial charge in [-0.3, -0.25) is 0 Å². The standard InChI is InChI=1S/C10H22N2/c1-10(2,3)12-9-7-5-4-6-8(9)11/h8-9,12H,4-7,11H2,1-3H3/t8-,9?/m0/s1. The first-order valence-corrected chi connectivity index (χ1v) is 5.02. The highest BCUT2D eigenvalue weighted by molar-refractivity contribution is 4.87. The normalized spacial score (nSPS) is 32.0. The van der Waals surface area contributed by atoms with Gasteiger partial charge in [0.2, 0.25) is 0 Å². The van der Waals surface area contributed by atoms with Crippen molar-refractivity contribution >= 4 is 0 Å². The van der Waals surface area contributed by atoms with Crippen LogP contribution in [-0.4, -0.2) is 17.6 Å². The molecule has 0 heterocycles. The van der Waals surface area contributed by atoms with E-state index in [0.29, 0.717) is 12.1 Å². The van der Waals surface area contributed by atoms with Gasteiger partial charge < -0.3 is 11.1 Å². The smallest absolute Gasteiger partial charge is 0.0223 e. The monoisotopic (exact) mass is 170 g/mol. The van der Waals surface area contributed by atoms with Gasteiger partial charge in [0.05, 0.1) is 0 Å². The number of nitrogens with one attached hydrogen (secondary N) is 1. The van der Waals surface area contributed by atoms with Crippen molar-refractivity contribution in [3.8, 4) is 0 Å². The van der Waals surface area contributed by atoms with Crippen LogP contribution in [0.2, 0.25) is 0 Å². The van der Waals surface area contributed by atoms with Crippen LogP contribution in [0.25, 0.3) is 0 Å². The molecule has 1 rings (SSSR count). The fourth-order valence-electron chi connectivity index (χ4n) is 1.89. The van der Waals surface area contributed by atoms with Gasteiger partial charge in [-0.2, -0.15) is 0 Å². The molecule has 2 atom stereocenters. The molecule has 0 spiro atoms. The van der Waals surface area contributed by atoms with Crippen LogP contribution in [0.1, 0.15) is 46.5 Å². The second-order valence-electron chi connectivity index (χ2n) is 4.95. The Kier molecular flexibility index (Phi) is 3.13. The van der Waals surface area contributed by atoms with Gasteiger partial charge in [0.1, 0.15) is 0 Å². The minimum Gasteiger partial charge on any atom is -0.326 e. The Morgan fingerprint density at radius 1 is 1.17 bits per heavy atom. The van der Waals surface area contributed by atoms with Crippen LogP contribution in [0, 0.1) is 0 Å². The molecule has 0 aliphatic heterocycles. The first kappa shape index (κ1) is 10.0. The van der Waals surface area contributed by atoms with E-state index in [2.05, 4.69) is 26.1 Å². The molecular formula is C10H22N2. The lowest BCUT2D eigenvalue weighted by atomic mass is 9.89. The summed E-state index contributed by atoms with van der Waals surface area (Å²) in [6, 6.07) is 0.914. The van der Waals surface area contributed by atoms with Gasteiger partial charge in [-0.15, -0.1) is 0 Å². The van der Waals surface area contributed by atoms with Gasteiger partial charge in [-0.05, 0) is 33.6 Å². The van der Waals surface area contributed by atoms with Crippen LogP contribution in [0.5, 0.6) is 0 Å². The lowest BCUT2D eigenvalue weighted by Gasteiger charge is -2.35. The molecule has 0 aromatic carbocycles. The third-order valence-corrected chi connectivity index (χ3v) is 2.44. The van der Waals surface area contributed by atoms with E-state index in [1.54, 1.807) is 0 Å². The van der Waals surface area contributed by atoms with E-state index in [-0.39, 0.29) is 5.54 Å². The molecule has 72 valence electrons. The SMILES string of the molecule is CC(C)(C)NC1CCCC[C@@H]1N. The van der Waals surface area contributed by atoms with E-state index in [1.165, 1.54) is 25.7 Å². The first-order valence-electron chi connectivity index (χ1n) is 5.02. The topological polar surface area (TPSA) is 38.0 Å². The van der Waals surface area contributed by atoms with Crippen molar-refractivity contribution < 1.29 is 0 Å². The third kappa shape index (κ3) is 3.11. The number of nitrogens with two attached hydrogens (primary N) is 1. The molecule has 12 heavy (non-hydrogen) atoms. The summed E-state index contributed by atoms with van der Waals surface area (Å²) >= 11 is 0. The maximum absolute atomic E-state index is 6.02. The van der Waals surface area contributed by atoms with Gasteiger partial charge in [-0.25, -0.2) is 0 Å². The van der Waals surface area contributed by atoms with E-state index < -0.39 is 0 Å². The summed E-state index contributed by atoms with van der Waals surface area (Å²) < 4.78 is 0. The van der Waals surface area contributed by atoms with Gasteiger partial charge in [-0.1, -0.05) is 12.8 Å². The zero-order valence-corrected chi connectivity index (χ0v) is 8.56. The van der Waals surface area contributed by atoms with Crippen LogP contribution in [0.4, 0.5) is 0 Å². The van der Waals surface area contributed by atoms with E-state index in [1.807, 2.05) is 0 Å². The summed E-state index contributed by atoms with van der Waals surface area (Å²) in [5.74, 6) is 0. The second-order valence-corrected chi connectivity index (χ2v) is 4.95. The first-order chi connectivity index (χ1) is 5.49. The van der Waals surface area contributed by atoms with Gasteiger partial charge in [0.25, 0.3) is 0 Å². The molecule has 0 bridgehead atoms. The number of hydrogen-bond donors (Lipinski definition) is 2. The average Bonchev–Trinajstić information content (AvgIpc) is 1.91. The molecule has 2 heteroatoms. The van der Waals surface area contributed by atoms with E-state index >= 15 is 0 Å². The predicted octanol–water partition coefficient (Wildman–Crippen LogP) is 1.64. The fraction of sp³-hybridized carbons (Fsp3) is 1.00. The largest absolute Gasteiger partial charge is 0.326 e. The number of hydrogen-bond acceptors (Lipinski definition) is 2. The second kappa shape index (κ2) is 3.75. The molecule has 1 aliphatic carbocycles. The Bertz CT molecular complexity index is 137. The van der Waals surface area contributed by atoms with E-state index in [4.69, 9.17) is 5.73 Å². The summed E-state index contributed by atoms with van der Waals surface area (Å²) in [6.07, 6.45) is 5.08. The molecule has 1 unspecified atom stereocenters. The quantitative estimate of drug-likeness (QED) is 0.628. The van der Waals surface area contributed by atoms with Crippen molar-refractivity contribution in [3.05, 3.63) is 0 Å². The van der Waals surface area contributed by atoms with Gasteiger partial charge >= 0.3 is 0 Å². The van der Waals surface area contributed by atoms with E-state index in [9.17, 15) is 0 Å². The molecule has 3 N–H and O–H groups in total. The van der Waals surface area contributed by atoms with Crippen LogP contribution in [0.3, 0.4) is 0 Å². The molecule has 0 aromatic heterocycles. The van der Waals surface area contributed by atoms with Crippen molar-refractivity contribution in [1.82, 2.24) is 5.32 Å². The van der Waals surface area contributed by atoms with Crippen molar-refractivity contribution in [1.29, 1.82) is 0 Å².